The molecule has 0 atom stereocenters. The maximum Gasteiger partial charge on any atom is 0.416 e. The van der Waals surface area contributed by atoms with E-state index in [-0.39, 0.29) is 22.7 Å². The molecule has 2 aromatic heterocycles. The lowest BCUT2D eigenvalue weighted by molar-refractivity contribution is -0.138. The molecule has 0 saturated carbocycles. The van der Waals surface area contributed by atoms with E-state index in [1.807, 2.05) is 0 Å². The Morgan fingerprint density at radius 2 is 1.84 bits per heavy atom. The van der Waals surface area contributed by atoms with Gasteiger partial charge < -0.3 is 10.5 Å². The highest BCUT2D eigenvalue weighted by molar-refractivity contribution is 5.82. The number of nitrogens with zero attached hydrogens (tertiary/aromatic N) is 3. The number of benzene rings is 1. The second kappa shape index (κ2) is 5.83. The third-order valence-electron chi connectivity index (χ3n) is 3.34. The first-order chi connectivity index (χ1) is 11.7. The van der Waals surface area contributed by atoms with Gasteiger partial charge in [0, 0.05) is 11.8 Å². The van der Waals surface area contributed by atoms with Crippen molar-refractivity contribution in [2.24, 2.45) is 0 Å². The number of nitrogen functional groups attached to an aromatic ring is 1. The molecule has 3 rings (SSSR count). The third-order valence-corrected chi connectivity index (χ3v) is 3.34. The Morgan fingerprint density at radius 3 is 2.48 bits per heavy atom. The highest BCUT2D eigenvalue weighted by Gasteiger charge is 2.32. The summed E-state index contributed by atoms with van der Waals surface area (Å²) in [5.41, 5.74) is 3.52. The molecule has 0 radical (unpaired) electrons. The molecular weight excluding hydrogens is 354 g/mol. The van der Waals surface area contributed by atoms with Gasteiger partial charge in [-0.05, 0) is 24.3 Å². The first kappa shape index (κ1) is 16.9. The molecule has 0 aliphatic carbocycles. The van der Waals surface area contributed by atoms with Crippen LogP contribution in [0, 0.1) is 5.82 Å². The van der Waals surface area contributed by atoms with Crippen LogP contribution in [-0.2, 0) is 6.18 Å². The Hall–Kier alpha value is -2.98. The Balaban J connectivity index is 2.27. The molecule has 3 aromatic rings. The summed E-state index contributed by atoms with van der Waals surface area (Å²) in [5.74, 6) is -1.81. The van der Waals surface area contributed by atoms with E-state index < -0.39 is 29.9 Å². The molecule has 0 spiro atoms. The number of hydrogen-bond acceptors (Lipinski definition) is 4. The fraction of sp³-hybridized carbons (Fsp3) is 0.143. The first-order valence-electron chi connectivity index (χ1n) is 6.63. The van der Waals surface area contributed by atoms with Crippen molar-refractivity contribution in [2.45, 2.75) is 12.8 Å². The fourth-order valence-electron chi connectivity index (χ4n) is 2.29. The Labute approximate surface area is 135 Å². The second-order valence-electron chi connectivity index (χ2n) is 4.88. The summed E-state index contributed by atoms with van der Waals surface area (Å²) < 4.78 is 82.9. The molecule has 1 aromatic carbocycles. The zero-order valence-electron chi connectivity index (χ0n) is 12.1. The molecule has 2 N–H and O–H groups in total. The van der Waals surface area contributed by atoms with Gasteiger partial charge in [0.25, 0.3) is 0 Å². The molecule has 0 aliphatic heterocycles. The van der Waals surface area contributed by atoms with Gasteiger partial charge in [0.2, 0.25) is 5.95 Å². The average Bonchev–Trinajstić information content (AvgIpc) is 2.90. The van der Waals surface area contributed by atoms with Crippen LogP contribution in [-0.4, -0.2) is 21.2 Å². The van der Waals surface area contributed by atoms with E-state index in [9.17, 15) is 26.3 Å². The molecule has 132 valence electrons. The number of nitrogens with two attached hydrogens (primary N) is 1. The lowest BCUT2D eigenvalue weighted by Crippen LogP contribution is -2.10. The predicted octanol–water partition coefficient (Wildman–Crippen LogP) is 3.74. The van der Waals surface area contributed by atoms with E-state index in [4.69, 9.17) is 5.73 Å². The standard InChI is InChI=1S/C14H8F6N4O/c15-8-3-4-24-11(8)10(22-23-13(24)21)7-2-1-6(14(18,19)20)5-9(7)25-12(16)17/h1-5,12H,(H2,21,23). The predicted molar refractivity (Wildman–Crippen MR) is 74.4 cm³/mol. The third kappa shape index (κ3) is 3.04. The Kier molecular flexibility index (Phi) is 3.93. The summed E-state index contributed by atoms with van der Waals surface area (Å²) in [4.78, 5) is 0. The second-order valence-corrected chi connectivity index (χ2v) is 4.88. The molecule has 0 aliphatic rings. The van der Waals surface area contributed by atoms with Gasteiger partial charge in [-0.25, -0.2) is 4.39 Å². The van der Waals surface area contributed by atoms with Gasteiger partial charge in [0.05, 0.1) is 5.56 Å². The van der Waals surface area contributed by atoms with Crippen LogP contribution >= 0.6 is 0 Å². The van der Waals surface area contributed by atoms with E-state index in [0.29, 0.717) is 12.1 Å². The van der Waals surface area contributed by atoms with Crippen LogP contribution in [0.4, 0.5) is 32.3 Å². The Morgan fingerprint density at radius 1 is 1.12 bits per heavy atom. The van der Waals surface area contributed by atoms with Crippen LogP contribution in [0.15, 0.2) is 30.5 Å². The van der Waals surface area contributed by atoms with Crippen molar-refractivity contribution in [3.05, 3.63) is 41.8 Å². The fourth-order valence-corrected chi connectivity index (χ4v) is 2.29. The van der Waals surface area contributed by atoms with Crippen molar-refractivity contribution >= 4 is 11.5 Å². The van der Waals surface area contributed by atoms with Gasteiger partial charge in [0.1, 0.15) is 17.0 Å². The van der Waals surface area contributed by atoms with Crippen LogP contribution in [0.25, 0.3) is 16.8 Å². The molecular formula is C14H8F6N4O. The number of fused-ring (bicyclic) bond motifs is 1. The van der Waals surface area contributed by atoms with Gasteiger partial charge in [0.15, 0.2) is 5.82 Å². The van der Waals surface area contributed by atoms with Crippen molar-refractivity contribution in [3.63, 3.8) is 0 Å². The minimum atomic E-state index is -4.78. The number of rotatable bonds is 3. The average molecular weight is 362 g/mol. The molecule has 2 heterocycles. The number of anilines is 1. The molecule has 11 heteroatoms. The lowest BCUT2D eigenvalue weighted by Gasteiger charge is -2.14. The van der Waals surface area contributed by atoms with E-state index in [2.05, 4.69) is 14.9 Å². The quantitative estimate of drug-likeness (QED) is 0.721. The lowest BCUT2D eigenvalue weighted by atomic mass is 10.1. The SMILES string of the molecule is Nc1nnc(-c2ccc(C(F)(F)F)cc2OC(F)F)c2c(F)ccn12. The summed E-state index contributed by atoms with van der Waals surface area (Å²) in [6, 6.07) is 2.91. The summed E-state index contributed by atoms with van der Waals surface area (Å²) in [6.45, 7) is -3.39. The van der Waals surface area contributed by atoms with Crippen LogP contribution in [0.5, 0.6) is 5.75 Å². The van der Waals surface area contributed by atoms with Crippen LogP contribution in [0.1, 0.15) is 5.56 Å². The Bertz CT molecular complexity index is 937. The summed E-state index contributed by atoms with van der Waals surface area (Å²) in [6.07, 6.45) is -3.56. The number of halogens is 6. The van der Waals surface area contributed by atoms with Crippen LogP contribution in [0.3, 0.4) is 0 Å². The molecule has 0 unspecified atom stereocenters. The number of aromatic nitrogens is 3. The van der Waals surface area contributed by atoms with E-state index in [0.717, 1.165) is 16.5 Å². The van der Waals surface area contributed by atoms with Gasteiger partial charge in [-0.15, -0.1) is 10.2 Å². The normalized spacial score (nSPS) is 12.1. The number of hydrogen-bond donors (Lipinski definition) is 1. The minimum Gasteiger partial charge on any atom is -0.434 e. The maximum absolute atomic E-state index is 14.0. The monoisotopic (exact) mass is 362 g/mol. The summed E-state index contributed by atoms with van der Waals surface area (Å²) >= 11 is 0. The van der Waals surface area contributed by atoms with Gasteiger partial charge in [-0.2, -0.15) is 22.0 Å². The largest absolute Gasteiger partial charge is 0.434 e. The van der Waals surface area contributed by atoms with Crippen molar-refractivity contribution < 1.29 is 31.1 Å². The summed E-state index contributed by atoms with van der Waals surface area (Å²) in [5, 5.41) is 7.17. The molecule has 5 nitrogen and oxygen atoms in total. The first-order valence-corrected chi connectivity index (χ1v) is 6.63. The van der Waals surface area contributed by atoms with E-state index >= 15 is 0 Å². The molecule has 0 amide bonds. The molecule has 0 fully saturated rings. The number of ether oxygens (including phenoxy) is 1. The van der Waals surface area contributed by atoms with Crippen molar-refractivity contribution in [3.8, 4) is 17.0 Å². The van der Waals surface area contributed by atoms with E-state index in [1.165, 1.54) is 6.20 Å². The maximum atomic E-state index is 14.0. The highest BCUT2D eigenvalue weighted by atomic mass is 19.4. The van der Waals surface area contributed by atoms with Gasteiger partial charge >= 0.3 is 12.8 Å². The minimum absolute atomic E-state index is 0.189. The van der Waals surface area contributed by atoms with Crippen molar-refractivity contribution in [1.29, 1.82) is 0 Å². The topological polar surface area (TPSA) is 65.4 Å². The van der Waals surface area contributed by atoms with Crippen molar-refractivity contribution in [1.82, 2.24) is 14.6 Å². The summed E-state index contributed by atoms with van der Waals surface area (Å²) in [7, 11) is 0. The zero-order valence-corrected chi connectivity index (χ0v) is 12.1. The van der Waals surface area contributed by atoms with Crippen LogP contribution in [0.2, 0.25) is 0 Å². The molecule has 25 heavy (non-hydrogen) atoms. The van der Waals surface area contributed by atoms with Crippen LogP contribution < -0.4 is 10.5 Å². The van der Waals surface area contributed by atoms with E-state index in [1.54, 1.807) is 0 Å². The van der Waals surface area contributed by atoms with Gasteiger partial charge in [-0.1, -0.05) is 0 Å². The highest BCUT2D eigenvalue weighted by Crippen LogP contribution is 2.39. The van der Waals surface area contributed by atoms with Gasteiger partial charge in [-0.3, -0.25) is 4.40 Å². The van der Waals surface area contributed by atoms with Crippen molar-refractivity contribution in [2.75, 3.05) is 5.73 Å². The zero-order chi connectivity index (χ0) is 18.4. The molecule has 0 bridgehead atoms. The number of alkyl halides is 5. The smallest absolute Gasteiger partial charge is 0.416 e. The molecule has 0 saturated heterocycles.